The predicted molar refractivity (Wildman–Crippen MR) is 77.2 cm³/mol. The molecule has 21 heavy (non-hydrogen) atoms. The molecule has 0 unspecified atom stereocenters. The number of ketones is 1. The van der Waals surface area contributed by atoms with Crippen LogP contribution in [-0.4, -0.2) is 43.5 Å². The van der Waals surface area contributed by atoms with Crippen LogP contribution in [0.2, 0.25) is 0 Å². The highest BCUT2D eigenvalue weighted by Crippen LogP contribution is 2.30. The number of ether oxygens (including phenoxy) is 1. The van der Waals surface area contributed by atoms with Gasteiger partial charge >= 0.3 is 7.12 Å². The third-order valence-electron chi connectivity index (χ3n) is 3.38. The lowest BCUT2D eigenvalue weighted by Crippen LogP contribution is -2.53. The summed E-state index contributed by atoms with van der Waals surface area (Å²) in [5.41, 5.74) is 1.24. The van der Waals surface area contributed by atoms with E-state index in [0.717, 1.165) is 5.56 Å². The zero-order valence-electron chi connectivity index (χ0n) is 12.1. The van der Waals surface area contributed by atoms with Gasteiger partial charge in [0.1, 0.15) is 5.75 Å². The van der Waals surface area contributed by atoms with Crippen LogP contribution in [0.15, 0.2) is 18.2 Å². The third-order valence-corrected chi connectivity index (χ3v) is 3.38. The monoisotopic (exact) mass is 291 g/mol. The van der Waals surface area contributed by atoms with Crippen LogP contribution in [0.1, 0.15) is 29.3 Å². The summed E-state index contributed by atoms with van der Waals surface area (Å²) in [6.07, 6.45) is 0.635. The number of rotatable bonds is 5. The van der Waals surface area contributed by atoms with Crippen molar-refractivity contribution in [2.24, 2.45) is 0 Å². The molecule has 0 aliphatic carbocycles. The molecule has 1 amide bonds. The Balaban J connectivity index is 2.12. The minimum absolute atomic E-state index is 0.123. The lowest BCUT2D eigenvalue weighted by Gasteiger charge is -2.29. The highest BCUT2D eigenvalue weighted by Gasteiger charge is 2.37. The zero-order chi connectivity index (χ0) is 15.4. The van der Waals surface area contributed by atoms with E-state index in [4.69, 9.17) is 9.39 Å². The number of benzene rings is 1. The van der Waals surface area contributed by atoms with Gasteiger partial charge in [0.2, 0.25) is 5.91 Å². The Morgan fingerprint density at radius 3 is 2.95 bits per heavy atom. The van der Waals surface area contributed by atoms with Crippen LogP contribution in [0.3, 0.4) is 0 Å². The second-order valence-electron chi connectivity index (χ2n) is 4.98. The Hall–Kier alpha value is -1.86. The Morgan fingerprint density at radius 1 is 1.52 bits per heavy atom. The molecule has 1 aliphatic rings. The molecule has 7 heteroatoms. The molecule has 1 aliphatic heterocycles. The van der Waals surface area contributed by atoms with Gasteiger partial charge in [-0.15, -0.1) is 0 Å². The number of fused-ring (bicyclic) bond motifs is 1. The largest absolute Gasteiger partial charge is 0.547 e. The van der Waals surface area contributed by atoms with E-state index in [1.807, 2.05) is 6.07 Å². The van der Waals surface area contributed by atoms with Gasteiger partial charge in [-0.2, -0.15) is 0 Å². The van der Waals surface area contributed by atoms with Crippen molar-refractivity contribution >= 4 is 18.8 Å². The molecule has 6 nitrogen and oxygen atoms in total. The first-order chi connectivity index (χ1) is 10.0. The maximum absolute atomic E-state index is 11.7. The van der Waals surface area contributed by atoms with Gasteiger partial charge in [-0.3, -0.25) is 9.59 Å². The van der Waals surface area contributed by atoms with Gasteiger partial charge < -0.3 is 19.7 Å². The van der Waals surface area contributed by atoms with Crippen molar-refractivity contribution in [3.05, 3.63) is 29.3 Å². The maximum Gasteiger partial charge on any atom is 0.547 e. The average Bonchev–Trinajstić information content (AvgIpc) is 2.45. The van der Waals surface area contributed by atoms with Crippen LogP contribution in [0.25, 0.3) is 0 Å². The molecule has 0 aromatic heterocycles. The second kappa shape index (κ2) is 6.73. The number of carbonyl (C=O) groups is 2. The topological polar surface area (TPSA) is 84.9 Å². The summed E-state index contributed by atoms with van der Waals surface area (Å²) in [5, 5.41) is 12.7. The van der Waals surface area contributed by atoms with Crippen molar-refractivity contribution in [1.29, 1.82) is 0 Å². The number of Topliss-reactive ketones (excluding diaryl/α,β-unsaturated/α-hetero) is 1. The fraction of sp³-hybridized carbons (Fsp3) is 0.429. The number of methoxy groups -OCH3 is 1. The summed E-state index contributed by atoms with van der Waals surface area (Å²) < 4.78 is 10.3. The minimum Gasteiger partial charge on any atom is -0.534 e. The molecular formula is C14H18BNO5. The van der Waals surface area contributed by atoms with Gasteiger partial charge in [0.25, 0.3) is 0 Å². The van der Waals surface area contributed by atoms with Gasteiger partial charge in [0.05, 0.1) is 18.1 Å². The minimum atomic E-state index is -1.18. The van der Waals surface area contributed by atoms with Crippen molar-refractivity contribution in [2.75, 3.05) is 13.7 Å². The quantitative estimate of drug-likeness (QED) is 0.604. The summed E-state index contributed by atoms with van der Waals surface area (Å²) in [6.45, 7) is 1.77. The zero-order valence-corrected chi connectivity index (χ0v) is 12.1. The van der Waals surface area contributed by atoms with E-state index in [2.05, 4.69) is 5.32 Å². The number of hydrogen-bond donors (Lipinski definition) is 2. The Kier molecular flexibility index (Phi) is 4.98. The van der Waals surface area contributed by atoms with Crippen LogP contribution in [0.4, 0.5) is 0 Å². The van der Waals surface area contributed by atoms with Crippen LogP contribution < -0.4 is 9.97 Å². The van der Waals surface area contributed by atoms with Crippen LogP contribution in [-0.2, 0) is 16.0 Å². The summed E-state index contributed by atoms with van der Waals surface area (Å²) in [4.78, 5) is 23.2. The summed E-state index contributed by atoms with van der Waals surface area (Å²) in [7, 11) is 0.343. The van der Waals surface area contributed by atoms with Crippen molar-refractivity contribution in [2.45, 2.75) is 25.7 Å². The summed E-state index contributed by atoms with van der Waals surface area (Å²) in [5.74, 6) is -0.471. The molecule has 0 spiro atoms. The summed E-state index contributed by atoms with van der Waals surface area (Å²) >= 11 is 0. The SMILES string of the molecule is COCCC(=O)N[C@H]1Cc2cccc(C(C)=O)c2OB1O. The van der Waals surface area contributed by atoms with E-state index in [1.165, 1.54) is 14.0 Å². The van der Waals surface area contributed by atoms with Crippen molar-refractivity contribution in [3.8, 4) is 5.75 Å². The fourth-order valence-electron chi connectivity index (χ4n) is 2.30. The van der Waals surface area contributed by atoms with Crippen molar-refractivity contribution in [1.82, 2.24) is 5.32 Å². The van der Waals surface area contributed by atoms with E-state index < -0.39 is 13.1 Å². The molecule has 0 saturated heterocycles. The average molecular weight is 291 g/mol. The first kappa shape index (κ1) is 15.5. The first-order valence-electron chi connectivity index (χ1n) is 6.78. The molecule has 0 bridgehead atoms. The van der Waals surface area contributed by atoms with Crippen LogP contribution in [0.5, 0.6) is 5.75 Å². The molecule has 1 heterocycles. The van der Waals surface area contributed by atoms with Gasteiger partial charge in [-0.25, -0.2) is 0 Å². The van der Waals surface area contributed by atoms with E-state index in [-0.39, 0.29) is 18.1 Å². The van der Waals surface area contributed by atoms with Crippen LogP contribution >= 0.6 is 0 Å². The van der Waals surface area contributed by atoms with Gasteiger partial charge in [-0.1, -0.05) is 12.1 Å². The lowest BCUT2D eigenvalue weighted by molar-refractivity contribution is -0.122. The first-order valence-corrected chi connectivity index (χ1v) is 6.78. The molecule has 1 aromatic rings. The molecule has 1 aromatic carbocycles. The smallest absolute Gasteiger partial charge is 0.534 e. The third kappa shape index (κ3) is 3.62. The van der Waals surface area contributed by atoms with Crippen molar-refractivity contribution < 1.29 is 24.0 Å². The molecule has 0 fully saturated rings. The second-order valence-corrected chi connectivity index (χ2v) is 4.98. The van der Waals surface area contributed by atoms with E-state index in [1.54, 1.807) is 12.1 Å². The van der Waals surface area contributed by atoms with E-state index >= 15 is 0 Å². The lowest BCUT2D eigenvalue weighted by atomic mass is 9.72. The molecule has 112 valence electrons. The van der Waals surface area contributed by atoms with Crippen LogP contribution in [0, 0.1) is 0 Å². The van der Waals surface area contributed by atoms with Gasteiger partial charge in [0, 0.05) is 13.5 Å². The molecule has 1 atom stereocenters. The number of para-hydroxylation sites is 1. The highest BCUT2D eigenvalue weighted by molar-refractivity contribution is 6.47. The van der Waals surface area contributed by atoms with Crippen molar-refractivity contribution in [3.63, 3.8) is 0 Å². The van der Waals surface area contributed by atoms with E-state index in [9.17, 15) is 14.6 Å². The number of nitrogens with one attached hydrogen (secondary N) is 1. The molecule has 0 saturated carbocycles. The Labute approximate surface area is 123 Å². The van der Waals surface area contributed by atoms with E-state index in [0.29, 0.717) is 24.3 Å². The maximum atomic E-state index is 11.7. The van der Waals surface area contributed by atoms with Gasteiger partial charge in [0.15, 0.2) is 5.78 Å². The highest BCUT2D eigenvalue weighted by atomic mass is 16.5. The molecule has 0 radical (unpaired) electrons. The fourth-order valence-corrected chi connectivity index (χ4v) is 2.30. The standard InChI is InChI=1S/C14H18BNO5/c1-9(17)11-5-3-4-10-8-12(15(19)21-14(10)11)16-13(18)6-7-20-2/h3-5,12,19H,6-8H2,1-2H3,(H,16,18)/t12-/m0/s1. The molecule has 2 N–H and O–H groups in total. The number of hydrogen-bond acceptors (Lipinski definition) is 5. The Morgan fingerprint density at radius 2 is 2.29 bits per heavy atom. The van der Waals surface area contributed by atoms with Gasteiger partial charge in [-0.05, 0) is 25.0 Å². The Bertz CT molecular complexity index is 548. The normalized spacial score (nSPS) is 16.9. The number of carbonyl (C=O) groups excluding carboxylic acids is 2. The summed E-state index contributed by atoms with van der Waals surface area (Å²) in [6, 6.07) is 5.24. The number of amides is 1. The molecule has 2 rings (SSSR count). The molecular weight excluding hydrogens is 273 g/mol. The predicted octanol–water partition coefficient (Wildman–Crippen LogP) is 0.365.